The zero-order valence-electron chi connectivity index (χ0n) is 16.0. The van der Waals surface area contributed by atoms with E-state index >= 15 is 0 Å². The third-order valence-corrected chi connectivity index (χ3v) is 7.81. The van der Waals surface area contributed by atoms with Gasteiger partial charge in [-0.2, -0.15) is 0 Å². The zero-order chi connectivity index (χ0) is 20.4. The van der Waals surface area contributed by atoms with E-state index in [1.165, 1.54) is 18.4 Å². The minimum absolute atomic E-state index is 0.0967. The van der Waals surface area contributed by atoms with Crippen LogP contribution in [0, 0.1) is 0 Å². The van der Waals surface area contributed by atoms with E-state index < -0.39 is 0 Å². The van der Waals surface area contributed by atoms with Crippen LogP contribution in [-0.2, 0) is 29.6 Å². The maximum Gasteiger partial charge on any atom is 0.235 e. The van der Waals surface area contributed by atoms with Crippen LogP contribution in [0.25, 0.3) is 0 Å². The lowest BCUT2D eigenvalue weighted by molar-refractivity contribution is -0.128. The van der Waals surface area contributed by atoms with Crippen molar-refractivity contribution in [3.8, 4) is 0 Å². The van der Waals surface area contributed by atoms with Gasteiger partial charge in [-0.25, -0.2) is 0 Å². The molecule has 0 N–H and O–H groups in total. The summed E-state index contributed by atoms with van der Waals surface area (Å²) in [5, 5.41) is 1.43. The lowest BCUT2D eigenvalue weighted by Crippen LogP contribution is -2.49. The number of benzene rings is 2. The first-order valence-electron chi connectivity index (χ1n) is 9.93. The van der Waals surface area contributed by atoms with Gasteiger partial charge in [-0.3, -0.25) is 14.4 Å². The highest BCUT2D eigenvalue weighted by Crippen LogP contribution is 2.40. The fraction of sp³-hybridized carbons (Fsp3) is 0.409. The monoisotopic (exact) mass is 464 g/mol. The van der Waals surface area contributed by atoms with E-state index in [1.54, 1.807) is 0 Å². The summed E-state index contributed by atoms with van der Waals surface area (Å²) < 4.78 is 1.89. The molecule has 4 rings (SSSR count). The Morgan fingerprint density at radius 3 is 2.34 bits per heavy atom. The summed E-state index contributed by atoms with van der Waals surface area (Å²) in [4.78, 5) is 15.6. The Labute approximate surface area is 188 Å². The van der Waals surface area contributed by atoms with Gasteiger partial charge in [0, 0.05) is 34.7 Å². The average molecular weight is 465 g/mol. The Kier molecular flexibility index (Phi) is 6.88. The minimum atomic E-state index is 0.0967. The van der Waals surface area contributed by atoms with Gasteiger partial charge in [0.1, 0.15) is 0 Å². The number of amides is 1. The summed E-state index contributed by atoms with van der Waals surface area (Å²) in [7, 11) is 0.614. The second-order valence-electron chi connectivity index (χ2n) is 7.94. The van der Waals surface area contributed by atoms with Crippen molar-refractivity contribution in [3.05, 3.63) is 69.7 Å². The van der Waals surface area contributed by atoms with Crippen molar-refractivity contribution in [2.24, 2.45) is 0 Å². The number of piperidine rings is 1. The molecule has 0 spiro atoms. The molecule has 2 aromatic rings. The third-order valence-electron chi connectivity index (χ3n) is 6.07. The van der Waals surface area contributed by atoms with Gasteiger partial charge >= 0.3 is 0 Å². The summed E-state index contributed by atoms with van der Waals surface area (Å²) in [5.41, 5.74) is 2.23. The summed E-state index contributed by atoms with van der Waals surface area (Å²) in [6.45, 7) is 0.946. The van der Waals surface area contributed by atoms with E-state index in [9.17, 15) is 4.79 Å². The normalized spacial score (nSPS) is 24.0. The zero-order valence-corrected chi connectivity index (χ0v) is 19.2. The number of hydrogen-bond acceptors (Lipinski definition) is 3. The first kappa shape index (κ1) is 21.2. The molecule has 2 bridgehead atoms. The Bertz CT molecular complexity index is 881. The predicted octanol–water partition coefficient (Wildman–Crippen LogP) is 5.88. The van der Waals surface area contributed by atoms with Crippen molar-refractivity contribution in [1.29, 1.82) is 0 Å². The highest BCUT2D eigenvalue weighted by molar-refractivity contribution is 7.95. The van der Waals surface area contributed by atoms with Gasteiger partial charge < -0.3 is 0 Å². The lowest BCUT2D eigenvalue weighted by atomic mass is 9.96. The maximum atomic E-state index is 13.0. The van der Waals surface area contributed by atoms with E-state index in [0.29, 0.717) is 31.0 Å². The highest BCUT2D eigenvalue weighted by Gasteiger charge is 2.43. The van der Waals surface area contributed by atoms with Crippen molar-refractivity contribution >= 4 is 48.4 Å². The number of hydrogen-bond donors (Lipinski definition) is 0. The molecule has 1 amide bonds. The van der Waals surface area contributed by atoms with Crippen LogP contribution in [0.3, 0.4) is 0 Å². The Morgan fingerprint density at radius 2 is 1.72 bits per heavy atom. The van der Waals surface area contributed by atoms with Gasteiger partial charge in [-0.05, 0) is 72.9 Å². The molecule has 1 unspecified atom stereocenters. The number of halogens is 2. The number of carbonyl (C=O) groups excluding carboxylic acids is 1. The van der Waals surface area contributed by atoms with Crippen LogP contribution in [0.1, 0.15) is 36.8 Å². The van der Waals surface area contributed by atoms with Crippen molar-refractivity contribution in [1.82, 2.24) is 9.57 Å². The molecule has 2 heterocycles. The Balaban J connectivity index is 1.41. The van der Waals surface area contributed by atoms with Crippen LogP contribution >= 0.6 is 30.7 Å². The molecular formula is C22H23Cl2N2OPS. The first-order valence-corrected chi connectivity index (χ1v) is 12.5. The number of nitrogens with zero attached hydrogens (tertiary/aromatic N) is 2. The van der Waals surface area contributed by atoms with Crippen LogP contribution in [0.5, 0.6) is 0 Å². The van der Waals surface area contributed by atoms with E-state index in [0.717, 1.165) is 30.0 Å². The van der Waals surface area contributed by atoms with Gasteiger partial charge in [-0.15, -0.1) is 0 Å². The molecule has 29 heavy (non-hydrogen) atoms. The van der Waals surface area contributed by atoms with Gasteiger partial charge in [0.05, 0.1) is 13.9 Å². The highest BCUT2D eigenvalue weighted by atomic mass is 35.5. The third kappa shape index (κ3) is 5.00. The molecule has 0 aromatic heterocycles. The molecule has 2 fully saturated rings. The summed E-state index contributed by atoms with van der Waals surface area (Å²) in [6, 6.07) is 16.9. The number of rotatable bonds is 6. The molecule has 2 aliphatic rings. The fourth-order valence-corrected chi connectivity index (χ4v) is 6.22. The van der Waals surface area contributed by atoms with Gasteiger partial charge in [-0.1, -0.05) is 47.5 Å². The Hall–Kier alpha value is -1.03. The first-order chi connectivity index (χ1) is 14.0. The lowest BCUT2D eigenvalue weighted by Gasteiger charge is -2.41. The van der Waals surface area contributed by atoms with Crippen molar-refractivity contribution in [3.63, 3.8) is 0 Å². The molecular weight excluding hydrogens is 442 g/mol. The largest absolute Gasteiger partial charge is 0.293 e. The second-order valence-corrected chi connectivity index (χ2v) is 9.89. The topological polar surface area (TPSA) is 23.6 Å². The summed E-state index contributed by atoms with van der Waals surface area (Å²) >= 11 is 17.4. The maximum absolute atomic E-state index is 13.0. The summed E-state index contributed by atoms with van der Waals surface area (Å²) in [6.07, 6.45) is 4.73. The molecule has 3 atom stereocenters. The van der Waals surface area contributed by atoms with Crippen LogP contribution in [0.4, 0.5) is 0 Å². The molecule has 2 saturated heterocycles. The Morgan fingerprint density at radius 1 is 1.03 bits per heavy atom. The molecule has 0 radical (unpaired) electrons. The minimum Gasteiger partial charge on any atom is -0.293 e. The van der Waals surface area contributed by atoms with E-state index in [4.69, 9.17) is 35.0 Å². The fourth-order valence-electron chi connectivity index (χ4n) is 4.72. The molecule has 0 aliphatic carbocycles. The molecule has 7 heteroatoms. The molecule has 0 saturated carbocycles. The van der Waals surface area contributed by atoms with Gasteiger partial charge in [0.25, 0.3) is 0 Å². The molecule has 2 aromatic carbocycles. The molecule has 152 valence electrons. The van der Waals surface area contributed by atoms with Gasteiger partial charge in [0.2, 0.25) is 5.91 Å². The van der Waals surface area contributed by atoms with Crippen LogP contribution < -0.4 is 0 Å². The number of carbonyl (C=O) groups is 1. The molecule has 3 nitrogen and oxygen atoms in total. The average Bonchev–Trinajstić information content (AvgIpc) is 2.92. The number of fused-ring (bicyclic) bond motifs is 2. The smallest absolute Gasteiger partial charge is 0.235 e. The van der Waals surface area contributed by atoms with Crippen molar-refractivity contribution in [2.75, 3.05) is 0 Å². The molecule has 2 aliphatic heterocycles. The van der Waals surface area contributed by atoms with Crippen molar-refractivity contribution < 1.29 is 4.79 Å². The van der Waals surface area contributed by atoms with E-state index in [2.05, 4.69) is 17.0 Å². The van der Waals surface area contributed by atoms with E-state index in [1.807, 2.05) is 41.1 Å². The second kappa shape index (κ2) is 9.41. The summed E-state index contributed by atoms with van der Waals surface area (Å²) in [5.74, 6) is 0.0967. The quantitative estimate of drug-likeness (QED) is 0.498. The van der Waals surface area contributed by atoms with E-state index in [-0.39, 0.29) is 11.9 Å². The predicted molar refractivity (Wildman–Crippen MR) is 123 cm³/mol. The van der Waals surface area contributed by atoms with Crippen LogP contribution in [0.2, 0.25) is 10.0 Å². The standard InChI is InChI=1S/C22H23Cl2N2OPS/c23-17-6-4-15(5-7-17)14-25-19-8-9-20(25)13-21(12-19)26(28-29)22(27)11-16-2-1-3-18(24)10-16/h1-7,10,19-21H,8-9,11-14H2/t19-,20+,21?. The van der Waals surface area contributed by atoms with Crippen molar-refractivity contribution in [2.45, 2.75) is 56.8 Å². The van der Waals surface area contributed by atoms with Gasteiger partial charge in [0.15, 0.2) is 0 Å². The SMILES string of the molecule is O=C(Cc1cccc(Cl)c1)N(P=S)C1C[C@H]2CC[C@@H](C1)N2Cc1ccc(Cl)cc1. The van der Waals surface area contributed by atoms with Crippen LogP contribution in [-0.4, -0.2) is 33.6 Å². The van der Waals surface area contributed by atoms with Crippen LogP contribution in [0.15, 0.2) is 48.5 Å².